The van der Waals surface area contributed by atoms with E-state index in [0.29, 0.717) is 96.0 Å². The van der Waals surface area contributed by atoms with Crippen molar-refractivity contribution in [3.8, 4) is 23.0 Å². The van der Waals surface area contributed by atoms with Crippen LogP contribution in [0.1, 0.15) is 80.0 Å². The summed E-state index contributed by atoms with van der Waals surface area (Å²) >= 11 is 0. The smallest absolute Gasteiger partial charge is 0.259 e. The SMILES string of the molecule is COc1ccc(N)cc1C(=O)Nc1ccc(OCCCCCCOc2ccc(NC(=O)c3cc(N)ccc3OC)cc2C(=O)NCCCN(C)C)c(C(=O)NCCCN(C)C)c1. The van der Waals surface area contributed by atoms with E-state index in [1.54, 1.807) is 60.7 Å². The number of hydrogen-bond donors (Lipinski definition) is 6. The molecule has 4 amide bonds. The minimum Gasteiger partial charge on any atom is -0.496 e. The van der Waals surface area contributed by atoms with Crippen molar-refractivity contribution < 1.29 is 38.1 Å². The molecule has 0 radical (unpaired) electrons. The van der Waals surface area contributed by atoms with Gasteiger partial charge in [-0.15, -0.1) is 0 Å². The zero-order valence-electron chi connectivity index (χ0n) is 36.7. The number of unbranched alkanes of at least 4 members (excludes halogenated alkanes) is 3. The number of carbonyl (C=O) groups excluding carboxylic acids is 4. The van der Waals surface area contributed by atoms with Crippen molar-refractivity contribution in [1.82, 2.24) is 20.4 Å². The van der Waals surface area contributed by atoms with Gasteiger partial charge in [0.2, 0.25) is 0 Å². The molecule has 0 aliphatic carbocycles. The molecule has 4 aromatic carbocycles. The number of benzene rings is 4. The highest BCUT2D eigenvalue weighted by atomic mass is 16.5. The van der Waals surface area contributed by atoms with Crippen LogP contribution in [-0.2, 0) is 0 Å². The highest BCUT2D eigenvalue weighted by Crippen LogP contribution is 2.28. The molecule has 16 nitrogen and oxygen atoms in total. The Morgan fingerprint density at radius 2 is 0.855 bits per heavy atom. The second-order valence-electron chi connectivity index (χ2n) is 15.2. The van der Waals surface area contributed by atoms with Crippen LogP contribution in [0.2, 0.25) is 0 Å². The largest absolute Gasteiger partial charge is 0.496 e. The third kappa shape index (κ3) is 15.2. The number of nitrogens with two attached hydrogens (primary N) is 2. The molecule has 0 heterocycles. The summed E-state index contributed by atoms with van der Waals surface area (Å²) in [6.45, 7) is 3.29. The minimum atomic E-state index is -0.434. The highest BCUT2D eigenvalue weighted by Gasteiger charge is 2.19. The minimum absolute atomic E-state index is 0.265. The topological polar surface area (TPSA) is 212 Å². The molecule has 62 heavy (non-hydrogen) atoms. The summed E-state index contributed by atoms with van der Waals surface area (Å²) in [4.78, 5) is 57.2. The van der Waals surface area contributed by atoms with Crippen LogP contribution in [-0.4, -0.2) is 115 Å². The average Bonchev–Trinajstić information content (AvgIpc) is 3.25. The summed E-state index contributed by atoms with van der Waals surface area (Å²) < 4.78 is 22.9. The Kier molecular flexibility index (Phi) is 19.2. The van der Waals surface area contributed by atoms with E-state index in [1.807, 2.05) is 38.0 Å². The summed E-state index contributed by atoms with van der Waals surface area (Å²) in [5, 5.41) is 11.6. The molecule has 4 rings (SSSR count). The predicted molar refractivity (Wildman–Crippen MR) is 244 cm³/mol. The first-order valence-electron chi connectivity index (χ1n) is 20.7. The van der Waals surface area contributed by atoms with Crippen molar-refractivity contribution in [2.75, 3.05) is 104 Å². The van der Waals surface area contributed by atoms with Crippen LogP contribution >= 0.6 is 0 Å². The first-order valence-corrected chi connectivity index (χ1v) is 20.7. The summed E-state index contributed by atoms with van der Waals surface area (Å²) in [7, 11) is 10.8. The number of anilines is 4. The highest BCUT2D eigenvalue weighted by molar-refractivity contribution is 6.08. The van der Waals surface area contributed by atoms with E-state index < -0.39 is 11.8 Å². The monoisotopic (exact) mass is 854 g/mol. The van der Waals surface area contributed by atoms with Gasteiger partial charge in [-0.05, 0) is 153 Å². The molecule has 334 valence electrons. The number of nitrogens with one attached hydrogen (secondary N) is 4. The molecule has 0 saturated heterocycles. The van der Waals surface area contributed by atoms with Crippen LogP contribution in [0.25, 0.3) is 0 Å². The van der Waals surface area contributed by atoms with Crippen molar-refractivity contribution in [3.05, 3.63) is 95.1 Å². The number of nitrogens with zero attached hydrogens (tertiary/aromatic N) is 2. The molecule has 8 N–H and O–H groups in total. The van der Waals surface area contributed by atoms with Crippen molar-refractivity contribution in [2.24, 2.45) is 0 Å². The second kappa shape index (κ2) is 24.7. The summed E-state index contributed by atoms with van der Waals surface area (Å²) in [6.07, 6.45) is 4.60. The number of methoxy groups -OCH3 is 2. The maximum atomic E-state index is 13.4. The van der Waals surface area contributed by atoms with E-state index in [2.05, 4.69) is 21.3 Å². The molecule has 0 unspecified atom stereocenters. The zero-order chi connectivity index (χ0) is 45.0. The van der Waals surface area contributed by atoms with Gasteiger partial charge in [0.15, 0.2) is 0 Å². The van der Waals surface area contributed by atoms with Crippen LogP contribution in [0.4, 0.5) is 22.7 Å². The number of rotatable bonds is 25. The molecule has 16 heteroatoms. The van der Waals surface area contributed by atoms with Gasteiger partial charge in [0, 0.05) is 35.8 Å². The number of ether oxygens (including phenoxy) is 4. The van der Waals surface area contributed by atoms with Gasteiger partial charge in [0.25, 0.3) is 23.6 Å². The van der Waals surface area contributed by atoms with Crippen LogP contribution in [0.5, 0.6) is 23.0 Å². The van der Waals surface area contributed by atoms with Gasteiger partial charge in [-0.1, -0.05) is 0 Å². The van der Waals surface area contributed by atoms with Gasteiger partial charge >= 0.3 is 0 Å². The van der Waals surface area contributed by atoms with E-state index in [1.165, 1.54) is 26.4 Å². The Bertz CT molecular complexity index is 1980. The lowest BCUT2D eigenvalue weighted by Gasteiger charge is -2.16. The van der Waals surface area contributed by atoms with Crippen LogP contribution in [0.3, 0.4) is 0 Å². The molecular weight excluding hydrogens is 793 g/mol. The molecule has 0 aliphatic heterocycles. The first-order chi connectivity index (χ1) is 29.8. The molecule has 0 aromatic heterocycles. The lowest BCUT2D eigenvalue weighted by atomic mass is 10.1. The zero-order valence-corrected chi connectivity index (χ0v) is 36.7. The lowest BCUT2D eigenvalue weighted by Crippen LogP contribution is -2.27. The van der Waals surface area contributed by atoms with E-state index in [9.17, 15) is 19.2 Å². The summed E-state index contributed by atoms with van der Waals surface area (Å²) in [5.41, 5.74) is 14.6. The van der Waals surface area contributed by atoms with E-state index in [-0.39, 0.29) is 22.9 Å². The van der Waals surface area contributed by atoms with Gasteiger partial charge in [-0.3, -0.25) is 19.2 Å². The van der Waals surface area contributed by atoms with Crippen molar-refractivity contribution in [3.63, 3.8) is 0 Å². The van der Waals surface area contributed by atoms with Crippen molar-refractivity contribution in [2.45, 2.75) is 38.5 Å². The van der Waals surface area contributed by atoms with Crippen LogP contribution < -0.4 is 51.7 Å². The van der Waals surface area contributed by atoms with Gasteiger partial charge in [0.1, 0.15) is 23.0 Å². The fourth-order valence-corrected chi connectivity index (χ4v) is 6.33. The number of carbonyl (C=O) groups is 4. The Labute approximate surface area is 364 Å². The van der Waals surface area contributed by atoms with Gasteiger partial charge < -0.3 is 61.5 Å². The Balaban J connectivity index is 1.34. The predicted octanol–water partition coefficient (Wildman–Crippen LogP) is 5.75. The van der Waals surface area contributed by atoms with Gasteiger partial charge in [-0.2, -0.15) is 0 Å². The van der Waals surface area contributed by atoms with E-state index >= 15 is 0 Å². The molecule has 0 spiro atoms. The number of amides is 4. The second-order valence-corrected chi connectivity index (χ2v) is 15.2. The third-order valence-electron chi connectivity index (χ3n) is 9.59. The fourth-order valence-electron chi connectivity index (χ4n) is 6.33. The van der Waals surface area contributed by atoms with E-state index in [0.717, 1.165) is 38.8 Å². The molecule has 4 aromatic rings. The maximum absolute atomic E-state index is 13.4. The van der Waals surface area contributed by atoms with E-state index in [4.69, 9.17) is 30.4 Å². The van der Waals surface area contributed by atoms with Gasteiger partial charge in [0.05, 0.1) is 49.7 Å². The molecule has 0 bridgehead atoms. The lowest BCUT2D eigenvalue weighted by molar-refractivity contribution is 0.0939. The van der Waals surface area contributed by atoms with Crippen LogP contribution in [0, 0.1) is 0 Å². The standard InChI is InChI=1S/C46H62N8O8/c1-53(2)23-11-21-49-43(55)37-29-33(51-45(57)35-27-31(47)13-17-39(35)59-5)15-19-41(37)61-25-9-7-8-10-26-62-42-20-16-34(30-38(42)44(56)50-22-12-24-54(3)4)52-46(58)36-28-32(48)14-18-40(36)60-6/h13-20,27-30H,7-12,21-26,47-48H2,1-6H3,(H,49,55)(H,50,56)(H,51,57)(H,52,58). The first kappa shape index (κ1) is 48.1. The molecule has 0 aliphatic rings. The Morgan fingerprint density at radius 1 is 0.484 bits per heavy atom. The average molecular weight is 855 g/mol. The number of hydrogen-bond acceptors (Lipinski definition) is 12. The normalized spacial score (nSPS) is 10.9. The quantitative estimate of drug-likeness (QED) is 0.0348. The molecule has 0 atom stereocenters. The Hall–Kier alpha value is -6.52. The molecule has 0 fully saturated rings. The fraction of sp³-hybridized carbons (Fsp3) is 0.391. The molecule has 0 saturated carbocycles. The molecular formula is C46H62N8O8. The number of nitrogen functional groups attached to an aromatic ring is 2. The maximum Gasteiger partial charge on any atom is 0.259 e. The third-order valence-corrected chi connectivity index (χ3v) is 9.59. The van der Waals surface area contributed by atoms with Gasteiger partial charge in [-0.25, -0.2) is 0 Å². The van der Waals surface area contributed by atoms with Crippen molar-refractivity contribution >= 4 is 46.4 Å². The van der Waals surface area contributed by atoms with Crippen molar-refractivity contribution in [1.29, 1.82) is 0 Å². The summed E-state index contributed by atoms with van der Waals surface area (Å²) in [5.74, 6) is 0.0470. The Morgan fingerprint density at radius 3 is 1.23 bits per heavy atom. The van der Waals surface area contributed by atoms with Crippen LogP contribution in [0.15, 0.2) is 72.8 Å². The summed E-state index contributed by atoms with van der Waals surface area (Å²) in [6, 6.07) is 19.5.